The molecule has 2 atom stereocenters. The zero-order valence-corrected chi connectivity index (χ0v) is 15.1. The minimum Gasteiger partial charge on any atom is -0.547 e. The van der Waals surface area contributed by atoms with Crippen LogP contribution in [0.1, 0.15) is 44.6 Å². The summed E-state index contributed by atoms with van der Waals surface area (Å²) in [5.41, 5.74) is 0.450. The van der Waals surface area contributed by atoms with E-state index in [4.69, 9.17) is 4.74 Å². The number of hydrogen-bond donors (Lipinski definition) is 0. The van der Waals surface area contributed by atoms with Crippen LogP contribution in [0.4, 0.5) is 0 Å². The van der Waals surface area contributed by atoms with E-state index in [9.17, 15) is 9.90 Å². The molecular formula is C17H23NaO3. The number of epoxide rings is 1. The minimum absolute atomic E-state index is 0. The van der Waals surface area contributed by atoms with E-state index in [1.165, 1.54) is 18.4 Å². The van der Waals surface area contributed by atoms with Crippen molar-refractivity contribution in [3.63, 3.8) is 0 Å². The van der Waals surface area contributed by atoms with Crippen molar-refractivity contribution in [1.29, 1.82) is 0 Å². The molecule has 1 saturated heterocycles. The summed E-state index contributed by atoms with van der Waals surface area (Å²) < 4.78 is 5.02. The van der Waals surface area contributed by atoms with Gasteiger partial charge in [0.05, 0.1) is 12.6 Å². The second-order valence-corrected chi connectivity index (χ2v) is 5.95. The van der Waals surface area contributed by atoms with Crippen molar-refractivity contribution in [3.8, 4) is 0 Å². The molecular weight excluding hydrogens is 275 g/mol. The molecule has 0 radical (unpaired) electrons. The number of ether oxygens (including phenoxy) is 1. The number of rotatable bonds is 9. The fourth-order valence-corrected chi connectivity index (χ4v) is 2.63. The van der Waals surface area contributed by atoms with Gasteiger partial charge < -0.3 is 14.6 Å². The van der Waals surface area contributed by atoms with Crippen molar-refractivity contribution in [3.05, 3.63) is 35.9 Å². The van der Waals surface area contributed by atoms with Crippen LogP contribution in [0, 0.1) is 5.92 Å². The molecule has 0 N–H and O–H groups in total. The van der Waals surface area contributed by atoms with E-state index in [1.54, 1.807) is 0 Å². The topological polar surface area (TPSA) is 52.7 Å². The maximum Gasteiger partial charge on any atom is 1.00 e. The van der Waals surface area contributed by atoms with E-state index in [0.717, 1.165) is 19.3 Å². The Labute approximate surface area is 149 Å². The van der Waals surface area contributed by atoms with Crippen LogP contribution in [0.5, 0.6) is 0 Å². The molecule has 21 heavy (non-hydrogen) atoms. The van der Waals surface area contributed by atoms with E-state index in [2.05, 4.69) is 31.2 Å². The molecule has 2 rings (SSSR count). The smallest absolute Gasteiger partial charge is 0.547 e. The monoisotopic (exact) mass is 298 g/mol. The number of hydrogen-bond acceptors (Lipinski definition) is 3. The molecule has 110 valence electrons. The number of aliphatic carboxylic acids is 1. The predicted molar refractivity (Wildman–Crippen MR) is 76.1 cm³/mol. The summed E-state index contributed by atoms with van der Waals surface area (Å²) >= 11 is 0. The van der Waals surface area contributed by atoms with Gasteiger partial charge in [0.25, 0.3) is 0 Å². The van der Waals surface area contributed by atoms with Gasteiger partial charge in [-0.05, 0) is 37.2 Å². The zero-order chi connectivity index (χ0) is 14.4. The summed E-state index contributed by atoms with van der Waals surface area (Å²) in [6, 6.07) is 10.5. The third-order valence-electron chi connectivity index (χ3n) is 4.15. The number of benzene rings is 1. The molecule has 0 aromatic heterocycles. The van der Waals surface area contributed by atoms with Gasteiger partial charge in [-0.2, -0.15) is 0 Å². The average Bonchev–Trinajstić information content (AvgIpc) is 3.21. The van der Waals surface area contributed by atoms with Crippen LogP contribution in [0.15, 0.2) is 30.3 Å². The van der Waals surface area contributed by atoms with Gasteiger partial charge in [0, 0.05) is 0 Å². The number of carboxylic acids is 1. The van der Waals surface area contributed by atoms with E-state index < -0.39 is 11.6 Å². The summed E-state index contributed by atoms with van der Waals surface area (Å²) in [6.07, 6.45) is 6.06. The fourth-order valence-electron chi connectivity index (χ4n) is 2.63. The van der Waals surface area contributed by atoms with Gasteiger partial charge in [0.2, 0.25) is 0 Å². The summed E-state index contributed by atoms with van der Waals surface area (Å²) in [4.78, 5) is 10.9. The van der Waals surface area contributed by atoms with E-state index in [1.807, 2.05) is 6.07 Å². The van der Waals surface area contributed by atoms with Crippen LogP contribution in [-0.4, -0.2) is 18.2 Å². The predicted octanol–water partition coefficient (Wildman–Crippen LogP) is -0.661. The van der Waals surface area contributed by atoms with Crippen LogP contribution < -0.4 is 34.7 Å². The molecule has 2 unspecified atom stereocenters. The van der Waals surface area contributed by atoms with Crippen LogP contribution in [0.2, 0.25) is 0 Å². The van der Waals surface area contributed by atoms with Gasteiger partial charge >= 0.3 is 29.6 Å². The van der Waals surface area contributed by atoms with Crippen LogP contribution in [0.25, 0.3) is 0 Å². The summed E-state index contributed by atoms with van der Waals surface area (Å²) in [6.45, 7) is 2.57. The quantitative estimate of drug-likeness (QED) is 0.449. The number of aryl methyl sites for hydroxylation is 1. The van der Waals surface area contributed by atoms with Gasteiger partial charge in [-0.1, -0.05) is 50.1 Å². The third kappa shape index (κ3) is 6.11. The molecule has 1 aromatic carbocycles. The SMILES string of the molecule is CC(CCCc1ccccc1)CCCC1(C(=O)[O-])CO1.[Na+]. The van der Waals surface area contributed by atoms with Crippen molar-refractivity contribution in [1.82, 2.24) is 0 Å². The Bertz CT molecular complexity index is 429. The maximum absolute atomic E-state index is 10.9. The summed E-state index contributed by atoms with van der Waals surface area (Å²) in [5.74, 6) is -0.412. The Morgan fingerprint density at radius 1 is 1.29 bits per heavy atom. The van der Waals surface area contributed by atoms with Gasteiger partial charge in [0.1, 0.15) is 5.60 Å². The second-order valence-electron chi connectivity index (χ2n) is 5.95. The second kappa shape index (κ2) is 8.94. The molecule has 1 aliphatic rings. The first-order valence-corrected chi connectivity index (χ1v) is 7.52. The normalized spacial score (nSPS) is 21.4. The molecule has 0 spiro atoms. The van der Waals surface area contributed by atoms with Gasteiger partial charge in [-0.3, -0.25) is 0 Å². The van der Waals surface area contributed by atoms with Gasteiger partial charge in [0.15, 0.2) is 0 Å². The largest absolute Gasteiger partial charge is 1.00 e. The summed E-state index contributed by atoms with van der Waals surface area (Å²) in [7, 11) is 0. The molecule has 1 heterocycles. The van der Waals surface area contributed by atoms with Gasteiger partial charge in [-0.15, -0.1) is 0 Å². The molecule has 4 heteroatoms. The van der Waals surface area contributed by atoms with Crippen LogP contribution in [0.3, 0.4) is 0 Å². The maximum atomic E-state index is 10.9. The number of carbonyl (C=O) groups is 1. The summed E-state index contributed by atoms with van der Waals surface area (Å²) in [5, 5.41) is 10.9. The molecule has 1 aliphatic heterocycles. The van der Waals surface area contributed by atoms with E-state index in [-0.39, 0.29) is 29.6 Å². The Hall–Kier alpha value is -0.350. The van der Waals surface area contributed by atoms with Crippen molar-refractivity contribution in [2.75, 3.05) is 6.61 Å². The van der Waals surface area contributed by atoms with E-state index in [0.29, 0.717) is 18.9 Å². The molecule has 1 aromatic rings. The Morgan fingerprint density at radius 3 is 2.48 bits per heavy atom. The Morgan fingerprint density at radius 2 is 1.90 bits per heavy atom. The van der Waals surface area contributed by atoms with Gasteiger partial charge in [-0.25, -0.2) is 0 Å². The Kier molecular flexibility index (Phi) is 7.96. The number of carboxylic acid groups (broad SMARTS) is 1. The first kappa shape index (κ1) is 18.7. The standard InChI is InChI=1S/C17H24O3.Na/c1-14(7-5-11-15-9-3-2-4-10-15)8-6-12-17(13-20-17)16(18)19;/h2-4,9-10,14H,5-8,11-13H2,1H3,(H,18,19);/q;+1/p-1. The third-order valence-corrected chi connectivity index (χ3v) is 4.15. The van der Waals surface area contributed by atoms with Crippen LogP contribution in [-0.2, 0) is 16.0 Å². The number of carbonyl (C=O) groups excluding carboxylic acids is 1. The van der Waals surface area contributed by atoms with Crippen molar-refractivity contribution in [2.24, 2.45) is 5.92 Å². The zero-order valence-electron chi connectivity index (χ0n) is 13.1. The molecule has 0 amide bonds. The first-order valence-electron chi connectivity index (χ1n) is 7.52. The molecule has 1 fully saturated rings. The van der Waals surface area contributed by atoms with Crippen molar-refractivity contribution < 1.29 is 44.2 Å². The average molecular weight is 298 g/mol. The van der Waals surface area contributed by atoms with Crippen LogP contribution >= 0.6 is 0 Å². The van der Waals surface area contributed by atoms with Crippen molar-refractivity contribution >= 4 is 5.97 Å². The Balaban J connectivity index is 0.00000220. The molecule has 3 nitrogen and oxygen atoms in total. The van der Waals surface area contributed by atoms with E-state index >= 15 is 0 Å². The minimum atomic E-state index is -1.05. The molecule has 0 saturated carbocycles. The molecule has 0 aliphatic carbocycles. The first-order chi connectivity index (χ1) is 9.62. The fraction of sp³-hybridized carbons (Fsp3) is 0.588. The molecule has 0 bridgehead atoms. The van der Waals surface area contributed by atoms with Crippen molar-refractivity contribution in [2.45, 2.75) is 51.0 Å².